The molecule has 0 amide bonds. The molecular weight excluding hydrogens is 217 g/mol. The minimum atomic E-state index is -0.637. The van der Waals surface area contributed by atoms with Crippen LogP contribution in [-0.2, 0) is 0 Å². The van der Waals surface area contributed by atoms with Gasteiger partial charge >= 0.3 is 0 Å². The van der Waals surface area contributed by atoms with E-state index < -0.39 is 5.60 Å². The average Bonchev–Trinajstić information content (AvgIpc) is 2.58. The maximum Gasteiger partial charge on any atom is 0.123 e. The van der Waals surface area contributed by atoms with Gasteiger partial charge in [0, 0.05) is 12.1 Å². The monoisotopic (exact) mass is 237 g/mol. The number of aliphatic hydroxyl groups is 1. The Morgan fingerprint density at radius 3 is 2.88 bits per heavy atom. The van der Waals surface area contributed by atoms with Gasteiger partial charge in [0.05, 0.1) is 5.60 Å². The topological polar surface area (TPSA) is 32.3 Å². The Balaban J connectivity index is 2.04. The fraction of sp³-hybridized carbons (Fsp3) is 0.571. The van der Waals surface area contributed by atoms with Gasteiger partial charge in [0.2, 0.25) is 0 Å². The molecule has 0 aromatic heterocycles. The summed E-state index contributed by atoms with van der Waals surface area (Å²) in [6.07, 6.45) is 2.85. The first kappa shape index (κ1) is 12.5. The number of rotatable bonds is 3. The lowest BCUT2D eigenvalue weighted by Gasteiger charge is -2.29. The predicted molar refractivity (Wildman–Crippen MR) is 66.2 cm³/mol. The van der Waals surface area contributed by atoms with Gasteiger partial charge < -0.3 is 10.4 Å². The Bertz CT molecular complexity index is 392. The second-order valence-corrected chi connectivity index (χ2v) is 5.25. The third-order valence-corrected chi connectivity index (χ3v) is 3.73. The quantitative estimate of drug-likeness (QED) is 0.847. The lowest BCUT2D eigenvalue weighted by atomic mass is 9.98. The minimum Gasteiger partial charge on any atom is -0.389 e. The van der Waals surface area contributed by atoms with E-state index in [0.29, 0.717) is 0 Å². The highest BCUT2D eigenvalue weighted by Gasteiger charge is 2.37. The van der Waals surface area contributed by atoms with Crippen LogP contribution in [0, 0.1) is 5.82 Å². The summed E-state index contributed by atoms with van der Waals surface area (Å²) in [5.41, 5.74) is 0.286. The highest BCUT2D eigenvalue weighted by atomic mass is 19.1. The van der Waals surface area contributed by atoms with Gasteiger partial charge in [-0.25, -0.2) is 4.39 Å². The van der Waals surface area contributed by atoms with Crippen molar-refractivity contribution in [3.05, 3.63) is 35.6 Å². The smallest absolute Gasteiger partial charge is 0.123 e. The van der Waals surface area contributed by atoms with Crippen molar-refractivity contribution in [1.82, 2.24) is 5.32 Å². The van der Waals surface area contributed by atoms with Gasteiger partial charge in [0.15, 0.2) is 0 Å². The number of benzene rings is 1. The average molecular weight is 237 g/mol. The third-order valence-electron chi connectivity index (χ3n) is 3.73. The zero-order valence-electron chi connectivity index (χ0n) is 10.4. The molecule has 3 atom stereocenters. The van der Waals surface area contributed by atoms with E-state index >= 15 is 0 Å². The van der Waals surface area contributed by atoms with E-state index in [4.69, 9.17) is 0 Å². The molecule has 17 heavy (non-hydrogen) atoms. The molecule has 1 fully saturated rings. The lowest BCUT2D eigenvalue weighted by molar-refractivity contribution is 0.0358. The van der Waals surface area contributed by atoms with Gasteiger partial charge in [-0.15, -0.1) is 0 Å². The molecule has 0 radical (unpaired) electrons. The van der Waals surface area contributed by atoms with E-state index in [-0.39, 0.29) is 17.9 Å². The molecule has 2 nitrogen and oxygen atoms in total. The van der Waals surface area contributed by atoms with E-state index in [2.05, 4.69) is 5.32 Å². The summed E-state index contributed by atoms with van der Waals surface area (Å²) in [5, 5.41) is 13.6. The standard InChI is InChI=1S/C14H20FNO/c1-10(11-5-3-6-12(15)9-11)16-13-7-4-8-14(13,2)17/h3,5-6,9-10,13,16-17H,4,7-8H2,1-2H3/t10-,13?,14?/m0/s1. The fourth-order valence-electron chi connectivity index (χ4n) is 2.59. The number of halogens is 1. The Morgan fingerprint density at radius 1 is 1.53 bits per heavy atom. The Labute approximate surface area is 102 Å². The highest BCUT2D eigenvalue weighted by Crippen LogP contribution is 2.31. The number of hydrogen-bond acceptors (Lipinski definition) is 2. The van der Waals surface area contributed by atoms with Crippen molar-refractivity contribution < 1.29 is 9.50 Å². The van der Waals surface area contributed by atoms with Crippen molar-refractivity contribution in [2.24, 2.45) is 0 Å². The molecule has 0 saturated heterocycles. The molecule has 0 spiro atoms. The second-order valence-electron chi connectivity index (χ2n) is 5.25. The molecule has 1 aliphatic carbocycles. The molecular formula is C14H20FNO. The molecule has 2 rings (SSSR count). The molecule has 1 aromatic carbocycles. The summed E-state index contributed by atoms with van der Waals surface area (Å²) in [5.74, 6) is -0.214. The van der Waals surface area contributed by atoms with Crippen LogP contribution in [0.5, 0.6) is 0 Å². The van der Waals surface area contributed by atoms with Crippen LogP contribution in [0.1, 0.15) is 44.7 Å². The summed E-state index contributed by atoms with van der Waals surface area (Å²) in [6.45, 7) is 3.87. The van der Waals surface area contributed by atoms with E-state index in [9.17, 15) is 9.50 Å². The van der Waals surface area contributed by atoms with Crippen molar-refractivity contribution in [3.8, 4) is 0 Å². The molecule has 1 aromatic rings. The zero-order valence-corrected chi connectivity index (χ0v) is 10.4. The molecule has 0 aliphatic heterocycles. The summed E-state index contributed by atoms with van der Waals surface area (Å²) in [7, 11) is 0. The maximum atomic E-state index is 13.1. The van der Waals surface area contributed by atoms with Gasteiger partial charge in [0.25, 0.3) is 0 Å². The van der Waals surface area contributed by atoms with E-state index in [1.54, 1.807) is 12.1 Å². The van der Waals surface area contributed by atoms with Gasteiger partial charge in [-0.05, 0) is 50.8 Å². The largest absolute Gasteiger partial charge is 0.389 e. The van der Waals surface area contributed by atoms with Gasteiger partial charge in [-0.2, -0.15) is 0 Å². The zero-order chi connectivity index (χ0) is 12.5. The molecule has 94 valence electrons. The molecule has 1 aliphatic rings. The molecule has 1 saturated carbocycles. The normalized spacial score (nSPS) is 30.5. The minimum absolute atomic E-state index is 0.0558. The van der Waals surface area contributed by atoms with E-state index in [0.717, 1.165) is 24.8 Å². The van der Waals surface area contributed by atoms with Crippen LogP contribution in [0.4, 0.5) is 4.39 Å². The van der Waals surface area contributed by atoms with Crippen LogP contribution in [0.3, 0.4) is 0 Å². The molecule has 2 N–H and O–H groups in total. The Morgan fingerprint density at radius 2 is 2.29 bits per heavy atom. The fourth-order valence-corrected chi connectivity index (χ4v) is 2.59. The van der Waals surface area contributed by atoms with Crippen molar-refractivity contribution in [3.63, 3.8) is 0 Å². The van der Waals surface area contributed by atoms with Crippen molar-refractivity contribution in [2.45, 2.75) is 50.8 Å². The maximum absolute atomic E-state index is 13.1. The first-order chi connectivity index (χ1) is 7.99. The summed E-state index contributed by atoms with van der Waals surface area (Å²) >= 11 is 0. The first-order valence-electron chi connectivity index (χ1n) is 6.23. The van der Waals surface area contributed by atoms with E-state index in [1.165, 1.54) is 6.07 Å². The van der Waals surface area contributed by atoms with Crippen LogP contribution in [0.2, 0.25) is 0 Å². The number of nitrogens with one attached hydrogen (secondary N) is 1. The van der Waals surface area contributed by atoms with Crippen LogP contribution in [-0.4, -0.2) is 16.7 Å². The van der Waals surface area contributed by atoms with Gasteiger partial charge in [0.1, 0.15) is 5.82 Å². The Kier molecular flexibility index (Phi) is 3.50. The Hall–Kier alpha value is -0.930. The van der Waals surface area contributed by atoms with Crippen LogP contribution < -0.4 is 5.32 Å². The van der Waals surface area contributed by atoms with Gasteiger partial charge in [-0.1, -0.05) is 12.1 Å². The van der Waals surface area contributed by atoms with Crippen LogP contribution >= 0.6 is 0 Å². The summed E-state index contributed by atoms with van der Waals surface area (Å²) < 4.78 is 13.1. The highest BCUT2D eigenvalue weighted by molar-refractivity contribution is 5.20. The second kappa shape index (κ2) is 4.75. The van der Waals surface area contributed by atoms with E-state index in [1.807, 2.05) is 19.9 Å². The molecule has 2 unspecified atom stereocenters. The van der Waals surface area contributed by atoms with Crippen LogP contribution in [0.25, 0.3) is 0 Å². The third kappa shape index (κ3) is 2.85. The molecule has 3 heteroatoms. The molecule has 0 heterocycles. The van der Waals surface area contributed by atoms with Gasteiger partial charge in [-0.3, -0.25) is 0 Å². The van der Waals surface area contributed by atoms with Crippen molar-refractivity contribution >= 4 is 0 Å². The lowest BCUT2D eigenvalue weighted by Crippen LogP contribution is -2.45. The summed E-state index contributed by atoms with van der Waals surface area (Å²) in [6, 6.07) is 6.77. The molecule has 0 bridgehead atoms. The number of hydrogen-bond donors (Lipinski definition) is 2. The first-order valence-corrected chi connectivity index (χ1v) is 6.23. The summed E-state index contributed by atoms with van der Waals surface area (Å²) in [4.78, 5) is 0. The van der Waals surface area contributed by atoms with Crippen LogP contribution in [0.15, 0.2) is 24.3 Å². The van der Waals surface area contributed by atoms with Crippen molar-refractivity contribution in [1.29, 1.82) is 0 Å². The SMILES string of the molecule is C[C@H](NC1CCCC1(C)O)c1cccc(F)c1. The van der Waals surface area contributed by atoms with Crippen molar-refractivity contribution in [2.75, 3.05) is 0 Å². The predicted octanol–water partition coefficient (Wildman–Crippen LogP) is 2.78.